The molecule has 0 aromatic heterocycles. The van der Waals surface area contributed by atoms with Crippen molar-refractivity contribution in [2.45, 2.75) is 51.2 Å². The highest BCUT2D eigenvalue weighted by atomic mass is 16.5. The van der Waals surface area contributed by atoms with Crippen molar-refractivity contribution in [2.75, 3.05) is 19.8 Å². The van der Waals surface area contributed by atoms with Gasteiger partial charge in [-0.1, -0.05) is 0 Å². The molecule has 0 bridgehead atoms. The van der Waals surface area contributed by atoms with Crippen molar-refractivity contribution in [2.24, 2.45) is 11.1 Å². The van der Waals surface area contributed by atoms with Crippen LogP contribution in [0.15, 0.2) is 0 Å². The standard InChI is InChI=1S/C12H23NO2/c1-10-2-3-11(15-10)8-12(9-13)4-6-14-7-5-12/h10-11H,2-9,13H2,1H3. The van der Waals surface area contributed by atoms with Gasteiger partial charge in [-0.2, -0.15) is 0 Å². The molecule has 88 valence electrons. The first-order chi connectivity index (χ1) is 7.24. The maximum atomic E-state index is 5.94. The van der Waals surface area contributed by atoms with Gasteiger partial charge in [0.1, 0.15) is 0 Å². The molecule has 2 heterocycles. The Balaban J connectivity index is 1.89. The number of ether oxygens (including phenoxy) is 2. The summed E-state index contributed by atoms with van der Waals surface area (Å²) >= 11 is 0. The van der Waals surface area contributed by atoms with Crippen LogP contribution in [-0.4, -0.2) is 32.0 Å². The molecule has 0 aromatic carbocycles. The summed E-state index contributed by atoms with van der Waals surface area (Å²) in [5.41, 5.74) is 6.24. The predicted octanol–water partition coefficient (Wildman–Crippen LogP) is 1.70. The fraction of sp³-hybridized carbons (Fsp3) is 1.00. The van der Waals surface area contributed by atoms with Crippen LogP contribution in [0, 0.1) is 5.41 Å². The molecular formula is C12H23NO2. The molecule has 2 N–H and O–H groups in total. The second-order valence-corrected chi connectivity index (χ2v) is 5.17. The Kier molecular flexibility index (Phi) is 3.65. The van der Waals surface area contributed by atoms with Crippen LogP contribution in [0.4, 0.5) is 0 Å². The minimum absolute atomic E-state index is 0.299. The highest BCUT2D eigenvalue weighted by Gasteiger charge is 2.36. The third-order valence-electron chi connectivity index (χ3n) is 3.97. The lowest BCUT2D eigenvalue weighted by atomic mass is 9.75. The van der Waals surface area contributed by atoms with E-state index in [1.54, 1.807) is 0 Å². The summed E-state index contributed by atoms with van der Waals surface area (Å²) in [4.78, 5) is 0. The monoisotopic (exact) mass is 213 g/mol. The molecular weight excluding hydrogens is 190 g/mol. The SMILES string of the molecule is CC1CCC(CC2(CN)CCOCC2)O1. The summed E-state index contributed by atoms with van der Waals surface area (Å²) in [5, 5.41) is 0. The maximum Gasteiger partial charge on any atom is 0.0585 e. The normalized spacial score (nSPS) is 35.6. The number of hydrogen-bond acceptors (Lipinski definition) is 3. The fourth-order valence-corrected chi connectivity index (χ4v) is 2.81. The van der Waals surface area contributed by atoms with Gasteiger partial charge in [0, 0.05) is 13.2 Å². The van der Waals surface area contributed by atoms with E-state index >= 15 is 0 Å². The van der Waals surface area contributed by atoms with Gasteiger partial charge in [0.15, 0.2) is 0 Å². The summed E-state index contributed by atoms with van der Waals surface area (Å²) in [6, 6.07) is 0. The molecule has 0 spiro atoms. The van der Waals surface area contributed by atoms with Gasteiger partial charge in [-0.05, 0) is 51.0 Å². The fourth-order valence-electron chi connectivity index (χ4n) is 2.81. The van der Waals surface area contributed by atoms with Gasteiger partial charge in [-0.25, -0.2) is 0 Å². The molecule has 2 fully saturated rings. The van der Waals surface area contributed by atoms with E-state index in [0.29, 0.717) is 17.6 Å². The quantitative estimate of drug-likeness (QED) is 0.776. The zero-order valence-electron chi connectivity index (χ0n) is 9.71. The second-order valence-electron chi connectivity index (χ2n) is 5.17. The van der Waals surface area contributed by atoms with Crippen LogP contribution in [0.5, 0.6) is 0 Å². The molecule has 2 atom stereocenters. The minimum atomic E-state index is 0.299. The molecule has 2 rings (SSSR count). The lowest BCUT2D eigenvalue weighted by Crippen LogP contribution is -2.39. The molecule has 15 heavy (non-hydrogen) atoms. The average Bonchev–Trinajstić information content (AvgIpc) is 2.65. The molecule has 2 unspecified atom stereocenters. The molecule has 2 saturated heterocycles. The molecule has 0 saturated carbocycles. The van der Waals surface area contributed by atoms with Gasteiger partial charge in [-0.3, -0.25) is 0 Å². The molecule has 3 nitrogen and oxygen atoms in total. The first-order valence-corrected chi connectivity index (χ1v) is 6.17. The average molecular weight is 213 g/mol. The Bertz CT molecular complexity index is 202. The lowest BCUT2D eigenvalue weighted by molar-refractivity contribution is -0.0268. The van der Waals surface area contributed by atoms with Crippen molar-refractivity contribution >= 4 is 0 Å². The van der Waals surface area contributed by atoms with Crippen molar-refractivity contribution in [1.82, 2.24) is 0 Å². The summed E-state index contributed by atoms with van der Waals surface area (Å²) < 4.78 is 11.3. The van der Waals surface area contributed by atoms with Gasteiger partial charge in [0.05, 0.1) is 12.2 Å². The first-order valence-electron chi connectivity index (χ1n) is 6.17. The Morgan fingerprint density at radius 2 is 2.00 bits per heavy atom. The predicted molar refractivity (Wildman–Crippen MR) is 59.7 cm³/mol. The van der Waals surface area contributed by atoms with E-state index < -0.39 is 0 Å². The number of rotatable bonds is 3. The van der Waals surface area contributed by atoms with Crippen LogP contribution in [0.2, 0.25) is 0 Å². The van der Waals surface area contributed by atoms with E-state index in [4.69, 9.17) is 15.2 Å². The summed E-state index contributed by atoms with van der Waals surface area (Å²) in [5.74, 6) is 0. The van der Waals surface area contributed by atoms with Crippen LogP contribution in [0.3, 0.4) is 0 Å². The molecule has 0 aliphatic carbocycles. The van der Waals surface area contributed by atoms with E-state index in [0.717, 1.165) is 39.0 Å². The topological polar surface area (TPSA) is 44.5 Å². The van der Waals surface area contributed by atoms with Gasteiger partial charge >= 0.3 is 0 Å². The first kappa shape index (κ1) is 11.4. The van der Waals surface area contributed by atoms with Gasteiger partial charge in [-0.15, -0.1) is 0 Å². The lowest BCUT2D eigenvalue weighted by Gasteiger charge is -2.37. The number of hydrogen-bond donors (Lipinski definition) is 1. The molecule has 2 aliphatic heterocycles. The van der Waals surface area contributed by atoms with E-state index in [9.17, 15) is 0 Å². The summed E-state index contributed by atoms with van der Waals surface area (Å²) in [7, 11) is 0. The van der Waals surface area contributed by atoms with Crippen LogP contribution >= 0.6 is 0 Å². The Labute approximate surface area is 92.3 Å². The smallest absolute Gasteiger partial charge is 0.0585 e. The van der Waals surface area contributed by atoms with Gasteiger partial charge < -0.3 is 15.2 Å². The summed E-state index contributed by atoms with van der Waals surface area (Å²) in [6.45, 7) is 4.70. The van der Waals surface area contributed by atoms with Crippen molar-refractivity contribution in [3.8, 4) is 0 Å². The van der Waals surface area contributed by atoms with Crippen LogP contribution in [-0.2, 0) is 9.47 Å². The van der Waals surface area contributed by atoms with Crippen LogP contribution in [0.1, 0.15) is 39.0 Å². The van der Waals surface area contributed by atoms with Crippen LogP contribution in [0.25, 0.3) is 0 Å². The van der Waals surface area contributed by atoms with E-state index in [1.807, 2.05) is 0 Å². The Morgan fingerprint density at radius 3 is 2.53 bits per heavy atom. The van der Waals surface area contributed by atoms with Crippen molar-refractivity contribution in [3.05, 3.63) is 0 Å². The minimum Gasteiger partial charge on any atom is -0.381 e. The third-order valence-corrected chi connectivity index (χ3v) is 3.97. The Morgan fingerprint density at radius 1 is 1.27 bits per heavy atom. The van der Waals surface area contributed by atoms with Gasteiger partial charge in [0.2, 0.25) is 0 Å². The molecule has 2 aliphatic rings. The molecule has 0 amide bonds. The van der Waals surface area contributed by atoms with E-state index in [-0.39, 0.29) is 0 Å². The molecule has 3 heteroatoms. The highest BCUT2D eigenvalue weighted by Crippen LogP contribution is 2.38. The third kappa shape index (κ3) is 2.71. The maximum absolute atomic E-state index is 5.94. The van der Waals surface area contributed by atoms with Crippen molar-refractivity contribution < 1.29 is 9.47 Å². The van der Waals surface area contributed by atoms with Crippen molar-refractivity contribution in [1.29, 1.82) is 0 Å². The molecule has 0 aromatic rings. The van der Waals surface area contributed by atoms with E-state index in [1.165, 1.54) is 12.8 Å². The van der Waals surface area contributed by atoms with E-state index in [2.05, 4.69) is 6.92 Å². The van der Waals surface area contributed by atoms with Crippen LogP contribution < -0.4 is 5.73 Å². The highest BCUT2D eigenvalue weighted by molar-refractivity contribution is 4.87. The Hall–Kier alpha value is -0.120. The zero-order valence-corrected chi connectivity index (χ0v) is 9.71. The number of nitrogens with two attached hydrogens (primary N) is 1. The second kappa shape index (κ2) is 4.81. The molecule has 0 radical (unpaired) electrons. The van der Waals surface area contributed by atoms with Gasteiger partial charge in [0.25, 0.3) is 0 Å². The largest absolute Gasteiger partial charge is 0.381 e. The summed E-state index contributed by atoms with van der Waals surface area (Å²) in [6.07, 6.45) is 6.67. The zero-order chi connectivity index (χ0) is 10.7. The van der Waals surface area contributed by atoms with Crippen molar-refractivity contribution in [3.63, 3.8) is 0 Å².